The van der Waals surface area contributed by atoms with Crippen LogP contribution in [0.15, 0.2) is 24.3 Å². The number of benzene rings is 1. The molecule has 146 valence electrons. The molecule has 1 aliphatic heterocycles. The Hall–Kier alpha value is -2.45. The van der Waals surface area contributed by atoms with Crippen LogP contribution in [0.25, 0.3) is 0 Å². The molecule has 27 heavy (non-hydrogen) atoms. The fraction of sp³-hybridized carbons (Fsp3) is 0.526. The molecule has 3 amide bonds. The van der Waals surface area contributed by atoms with Gasteiger partial charge in [-0.25, -0.2) is 0 Å². The summed E-state index contributed by atoms with van der Waals surface area (Å²) in [5.74, 6) is -2.16. The number of nitrogens with one attached hydrogen (secondary N) is 3. The molecular weight excluding hydrogens is 350 g/mol. The molecule has 3 rings (SSSR count). The van der Waals surface area contributed by atoms with Crippen LogP contribution >= 0.6 is 0 Å². The third kappa shape index (κ3) is 5.27. The molecule has 1 atom stereocenters. The monoisotopic (exact) mass is 375 g/mol. The first kappa shape index (κ1) is 19.3. The Morgan fingerprint density at radius 1 is 1.00 bits per heavy atom. The number of carbonyl (C=O) groups is 3. The van der Waals surface area contributed by atoms with Gasteiger partial charge in [-0.15, -0.1) is 0 Å². The van der Waals surface area contributed by atoms with E-state index in [1.165, 1.54) is 13.3 Å². The molecule has 2 fully saturated rings. The van der Waals surface area contributed by atoms with Gasteiger partial charge in [0, 0.05) is 37.7 Å². The number of hydrogen-bond acceptors (Lipinski definition) is 5. The normalized spacial score (nSPS) is 20.9. The highest BCUT2D eigenvalue weighted by Gasteiger charge is 2.42. The van der Waals surface area contributed by atoms with E-state index in [0.717, 1.165) is 25.7 Å². The Balaban J connectivity index is 1.43. The maximum absolute atomic E-state index is 12.0. The number of ether oxygens (including phenoxy) is 2. The Kier molecular flexibility index (Phi) is 6.08. The second-order valence-electron chi connectivity index (χ2n) is 6.94. The van der Waals surface area contributed by atoms with Crippen LogP contribution in [-0.4, -0.2) is 42.8 Å². The highest BCUT2D eigenvalue weighted by Crippen LogP contribution is 2.37. The van der Waals surface area contributed by atoms with Crippen molar-refractivity contribution in [3.8, 4) is 0 Å². The van der Waals surface area contributed by atoms with Gasteiger partial charge in [0.15, 0.2) is 5.79 Å². The highest BCUT2D eigenvalue weighted by molar-refractivity contribution is 6.39. The Morgan fingerprint density at radius 2 is 1.63 bits per heavy atom. The van der Waals surface area contributed by atoms with Crippen LogP contribution in [0.4, 0.5) is 11.4 Å². The number of anilines is 2. The van der Waals surface area contributed by atoms with Crippen molar-refractivity contribution in [2.75, 3.05) is 23.8 Å². The minimum absolute atomic E-state index is 0.181. The minimum Gasteiger partial charge on any atom is -0.347 e. The molecule has 0 aromatic heterocycles. The smallest absolute Gasteiger partial charge is 0.313 e. The summed E-state index contributed by atoms with van der Waals surface area (Å²) < 4.78 is 11.8. The summed E-state index contributed by atoms with van der Waals surface area (Å²) in [6.07, 6.45) is 4.89. The van der Waals surface area contributed by atoms with E-state index in [2.05, 4.69) is 16.0 Å². The third-order valence-electron chi connectivity index (χ3n) is 4.69. The maximum Gasteiger partial charge on any atom is 0.313 e. The van der Waals surface area contributed by atoms with Crippen molar-refractivity contribution in [2.24, 2.45) is 0 Å². The first-order valence-electron chi connectivity index (χ1n) is 9.24. The van der Waals surface area contributed by atoms with Crippen molar-refractivity contribution in [2.45, 2.75) is 50.9 Å². The average molecular weight is 375 g/mol. The molecule has 8 nitrogen and oxygen atoms in total. The molecule has 8 heteroatoms. The van der Waals surface area contributed by atoms with Crippen molar-refractivity contribution in [3.05, 3.63) is 24.3 Å². The van der Waals surface area contributed by atoms with E-state index >= 15 is 0 Å². The molecule has 0 radical (unpaired) electrons. The molecule has 0 unspecified atom stereocenters. The van der Waals surface area contributed by atoms with Crippen LogP contribution in [0.5, 0.6) is 0 Å². The lowest BCUT2D eigenvalue weighted by molar-refractivity contribution is -0.186. The molecule has 1 aromatic carbocycles. The van der Waals surface area contributed by atoms with Gasteiger partial charge in [-0.05, 0) is 37.1 Å². The quantitative estimate of drug-likeness (QED) is 0.696. The fourth-order valence-corrected chi connectivity index (χ4v) is 3.38. The summed E-state index contributed by atoms with van der Waals surface area (Å²) in [7, 11) is 0. The van der Waals surface area contributed by atoms with Crippen molar-refractivity contribution >= 4 is 29.1 Å². The SMILES string of the molecule is CC(=O)Nc1ccc(NC(=O)C(=O)NC[C@H]2COC3(CCCCC3)O2)cc1. The van der Waals surface area contributed by atoms with Crippen molar-refractivity contribution < 1.29 is 23.9 Å². The molecule has 1 aliphatic carbocycles. The highest BCUT2D eigenvalue weighted by atomic mass is 16.7. The second-order valence-corrected chi connectivity index (χ2v) is 6.94. The molecular formula is C19H25N3O5. The Bertz CT molecular complexity index is 698. The average Bonchev–Trinajstić information content (AvgIpc) is 3.03. The Labute approximate surface area is 158 Å². The van der Waals surface area contributed by atoms with Crippen LogP contribution in [-0.2, 0) is 23.9 Å². The molecule has 1 spiro atoms. The molecule has 1 saturated carbocycles. The maximum atomic E-state index is 12.0. The number of hydrogen-bond donors (Lipinski definition) is 3. The lowest BCUT2D eigenvalue weighted by atomic mass is 9.94. The lowest BCUT2D eigenvalue weighted by Gasteiger charge is -2.31. The first-order valence-corrected chi connectivity index (χ1v) is 9.24. The van der Waals surface area contributed by atoms with Crippen molar-refractivity contribution in [3.63, 3.8) is 0 Å². The zero-order chi connectivity index (χ0) is 19.3. The molecule has 0 bridgehead atoms. The molecule has 2 aliphatic rings. The van der Waals surface area contributed by atoms with Crippen molar-refractivity contribution in [1.29, 1.82) is 0 Å². The predicted molar refractivity (Wildman–Crippen MR) is 99.0 cm³/mol. The topological polar surface area (TPSA) is 106 Å². The van der Waals surface area contributed by atoms with Gasteiger partial charge >= 0.3 is 11.8 Å². The fourth-order valence-electron chi connectivity index (χ4n) is 3.38. The summed E-state index contributed by atoms with van der Waals surface area (Å²) in [4.78, 5) is 35.0. The summed E-state index contributed by atoms with van der Waals surface area (Å²) >= 11 is 0. The Morgan fingerprint density at radius 3 is 2.26 bits per heavy atom. The summed E-state index contributed by atoms with van der Waals surface area (Å²) in [6, 6.07) is 6.50. The van der Waals surface area contributed by atoms with Crippen LogP contribution < -0.4 is 16.0 Å². The zero-order valence-electron chi connectivity index (χ0n) is 15.4. The van der Waals surface area contributed by atoms with E-state index in [1.54, 1.807) is 24.3 Å². The predicted octanol–water partition coefficient (Wildman–Crippen LogP) is 1.78. The van der Waals surface area contributed by atoms with Gasteiger partial charge in [-0.3, -0.25) is 14.4 Å². The van der Waals surface area contributed by atoms with Crippen molar-refractivity contribution in [1.82, 2.24) is 5.32 Å². The second kappa shape index (κ2) is 8.49. The van der Waals surface area contributed by atoms with Gasteiger partial charge < -0.3 is 25.4 Å². The van der Waals surface area contributed by atoms with Gasteiger partial charge in [0.05, 0.1) is 6.61 Å². The first-order chi connectivity index (χ1) is 13.0. The molecule has 1 saturated heterocycles. The molecule has 1 heterocycles. The van der Waals surface area contributed by atoms with E-state index in [0.29, 0.717) is 18.0 Å². The van der Waals surface area contributed by atoms with E-state index in [1.807, 2.05) is 0 Å². The number of rotatable bonds is 4. The van der Waals surface area contributed by atoms with Gasteiger partial charge in [0.25, 0.3) is 0 Å². The molecule has 1 aromatic rings. The van der Waals surface area contributed by atoms with Gasteiger partial charge in [-0.2, -0.15) is 0 Å². The minimum atomic E-state index is -0.756. The third-order valence-corrected chi connectivity index (χ3v) is 4.69. The van der Waals surface area contributed by atoms with Gasteiger partial charge in [0.2, 0.25) is 5.91 Å². The lowest BCUT2D eigenvalue weighted by Crippen LogP contribution is -2.41. The molecule has 3 N–H and O–H groups in total. The van der Waals surface area contributed by atoms with E-state index in [-0.39, 0.29) is 18.6 Å². The van der Waals surface area contributed by atoms with Crippen LogP contribution in [0.3, 0.4) is 0 Å². The van der Waals surface area contributed by atoms with E-state index in [9.17, 15) is 14.4 Å². The van der Waals surface area contributed by atoms with E-state index < -0.39 is 17.6 Å². The number of carbonyl (C=O) groups excluding carboxylic acids is 3. The summed E-state index contributed by atoms with van der Waals surface area (Å²) in [5.41, 5.74) is 1.07. The zero-order valence-corrected chi connectivity index (χ0v) is 15.4. The summed E-state index contributed by atoms with van der Waals surface area (Å²) in [5, 5.41) is 7.74. The number of amides is 3. The largest absolute Gasteiger partial charge is 0.347 e. The van der Waals surface area contributed by atoms with Crippen LogP contribution in [0.1, 0.15) is 39.0 Å². The van der Waals surface area contributed by atoms with Gasteiger partial charge in [-0.1, -0.05) is 6.42 Å². The van der Waals surface area contributed by atoms with Crippen LogP contribution in [0.2, 0.25) is 0 Å². The van der Waals surface area contributed by atoms with E-state index in [4.69, 9.17) is 9.47 Å². The van der Waals surface area contributed by atoms with Gasteiger partial charge in [0.1, 0.15) is 6.10 Å². The standard InChI is InChI=1S/C19H25N3O5/c1-13(23)21-14-5-7-15(8-6-14)22-18(25)17(24)20-11-16-12-26-19(27-16)9-3-2-4-10-19/h5-8,16H,2-4,9-12H2,1H3,(H,20,24)(H,21,23)(H,22,25)/t16-/m0/s1. The van der Waals surface area contributed by atoms with Crippen LogP contribution in [0, 0.1) is 0 Å². The summed E-state index contributed by atoms with van der Waals surface area (Å²) in [6.45, 7) is 2.07.